The Labute approximate surface area is 146 Å². The Bertz CT molecular complexity index is 920. The normalized spacial score (nSPS) is 14.6. The molecule has 0 amide bonds. The van der Waals surface area contributed by atoms with Crippen LogP contribution in [-0.2, 0) is 0 Å². The molecule has 0 saturated carbocycles. The third kappa shape index (κ3) is 3.00. The van der Waals surface area contributed by atoms with Gasteiger partial charge in [0, 0.05) is 27.0 Å². The molecule has 2 aromatic rings. The van der Waals surface area contributed by atoms with Crippen LogP contribution in [0.4, 0.5) is 0 Å². The highest BCUT2D eigenvalue weighted by atomic mass is 14.9. The predicted octanol–water partition coefficient (Wildman–Crippen LogP) is 4.60. The van der Waals surface area contributed by atoms with Crippen molar-refractivity contribution in [1.29, 1.82) is 0 Å². The Hall–Kier alpha value is -2.02. The first kappa shape index (κ1) is 18.3. The van der Waals surface area contributed by atoms with E-state index in [0.717, 1.165) is 19.3 Å². The van der Waals surface area contributed by atoms with Gasteiger partial charge in [0.05, 0.1) is 5.52 Å². The van der Waals surface area contributed by atoms with Gasteiger partial charge in [-0.15, -0.1) is 0 Å². The lowest BCUT2D eigenvalue weighted by Gasteiger charge is -1.97. The van der Waals surface area contributed by atoms with Crippen LogP contribution < -0.4 is 15.8 Å². The maximum atomic E-state index is 4.11. The van der Waals surface area contributed by atoms with Crippen molar-refractivity contribution in [2.45, 2.75) is 60.3 Å². The number of allylic oxidation sites excluding steroid dienone is 1. The molecule has 0 aliphatic rings. The van der Waals surface area contributed by atoms with Crippen molar-refractivity contribution in [3.8, 4) is 0 Å². The van der Waals surface area contributed by atoms with Gasteiger partial charge in [0.25, 0.3) is 0 Å². The maximum Gasteiger partial charge on any atom is 0.0613 e. The van der Waals surface area contributed by atoms with Gasteiger partial charge >= 0.3 is 0 Å². The van der Waals surface area contributed by atoms with E-state index < -0.39 is 0 Å². The zero-order chi connectivity index (χ0) is 17.7. The number of rotatable bonds is 6. The first-order chi connectivity index (χ1) is 11.7. The minimum atomic E-state index is 1.03. The van der Waals surface area contributed by atoms with Gasteiger partial charge < -0.3 is 4.40 Å². The Balaban J connectivity index is 3.10. The summed E-state index contributed by atoms with van der Waals surface area (Å²) in [5, 5.41) is 3.97. The number of aromatic nitrogens is 1. The molecule has 128 valence electrons. The van der Waals surface area contributed by atoms with Crippen molar-refractivity contribution >= 4 is 35.9 Å². The van der Waals surface area contributed by atoms with Gasteiger partial charge in [-0.2, -0.15) is 0 Å². The number of hydrogen-bond donors (Lipinski definition) is 0. The van der Waals surface area contributed by atoms with E-state index in [1.807, 2.05) is 6.08 Å². The molecule has 0 fully saturated rings. The molecule has 1 heteroatoms. The van der Waals surface area contributed by atoms with E-state index in [2.05, 4.69) is 76.0 Å². The highest BCUT2D eigenvalue weighted by molar-refractivity contribution is 5.77. The van der Waals surface area contributed by atoms with Gasteiger partial charge in [-0.3, -0.25) is 0 Å². The van der Waals surface area contributed by atoms with Crippen molar-refractivity contribution < 1.29 is 0 Å². The van der Waals surface area contributed by atoms with Gasteiger partial charge in [0.1, 0.15) is 0 Å². The molecule has 0 aromatic carbocycles. The van der Waals surface area contributed by atoms with Gasteiger partial charge in [-0.05, 0) is 44.7 Å². The fraction of sp³-hybridized carbons (Fsp3) is 0.391. The Morgan fingerprint density at radius 1 is 1.04 bits per heavy atom. The monoisotopic (exact) mass is 321 g/mol. The van der Waals surface area contributed by atoms with E-state index in [4.69, 9.17) is 0 Å². The lowest BCUT2D eigenvalue weighted by Crippen LogP contribution is -2.27. The van der Waals surface area contributed by atoms with E-state index in [0.29, 0.717) is 0 Å². The molecule has 0 aliphatic heterocycles. The summed E-state index contributed by atoms with van der Waals surface area (Å²) in [5.41, 5.74) is 5.26. The van der Waals surface area contributed by atoms with Crippen LogP contribution in [0.1, 0.15) is 70.2 Å². The predicted molar refractivity (Wildman–Crippen MR) is 110 cm³/mol. The molecule has 0 aliphatic carbocycles. The molecule has 0 saturated heterocycles. The van der Waals surface area contributed by atoms with Crippen LogP contribution >= 0.6 is 0 Å². The molecule has 2 rings (SSSR count). The summed E-state index contributed by atoms with van der Waals surface area (Å²) in [7, 11) is 0. The number of fused-ring (bicyclic) bond motifs is 1. The zero-order valence-corrected chi connectivity index (χ0v) is 15.9. The summed E-state index contributed by atoms with van der Waals surface area (Å²) in [6.07, 6.45) is 17.9. The Morgan fingerprint density at radius 3 is 2.25 bits per heavy atom. The summed E-state index contributed by atoms with van der Waals surface area (Å²) < 4.78 is 2.43. The average Bonchev–Trinajstić information content (AvgIpc) is 3.02. The summed E-state index contributed by atoms with van der Waals surface area (Å²) in [6.45, 7) is 15.1. The van der Waals surface area contributed by atoms with Crippen molar-refractivity contribution in [3.63, 3.8) is 0 Å². The summed E-state index contributed by atoms with van der Waals surface area (Å²) >= 11 is 0. The van der Waals surface area contributed by atoms with Gasteiger partial charge in [-0.1, -0.05) is 64.2 Å². The van der Waals surface area contributed by atoms with Crippen LogP contribution in [0.5, 0.6) is 0 Å². The lowest BCUT2D eigenvalue weighted by molar-refractivity contribution is 0.961. The second kappa shape index (κ2) is 8.19. The second-order valence-electron chi connectivity index (χ2n) is 6.23. The zero-order valence-electron chi connectivity index (χ0n) is 15.9. The standard InChI is InChI=1S/C23H31N/c1-7-12-13-16-22-17(6)19(14-8-2)23-18(10-4)20(15-9-3)21(11-5)24(22)23/h10-11,13-16H,4,7-9,12H2,1-3,5-6H3/b16-13-,19-14-,20-15-,21-11+. The van der Waals surface area contributed by atoms with E-state index in [9.17, 15) is 0 Å². The third-order valence-corrected chi connectivity index (χ3v) is 4.60. The van der Waals surface area contributed by atoms with Gasteiger partial charge in [0.2, 0.25) is 0 Å². The quantitative estimate of drug-likeness (QED) is 0.732. The fourth-order valence-electron chi connectivity index (χ4n) is 3.55. The molecule has 1 nitrogen and oxygen atoms in total. The van der Waals surface area contributed by atoms with Crippen LogP contribution in [0.2, 0.25) is 0 Å². The number of hydrogen-bond acceptors (Lipinski definition) is 0. The summed E-state index contributed by atoms with van der Waals surface area (Å²) in [5.74, 6) is 0. The molecular weight excluding hydrogens is 290 g/mol. The summed E-state index contributed by atoms with van der Waals surface area (Å²) in [6, 6.07) is 0. The third-order valence-electron chi connectivity index (χ3n) is 4.60. The maximum absolute atomic E-state index is 4.11. The van der Waals surface area contributed by atoms with E-state index in [1.165, 1.54) is 44.5 Å². The highest BCUT2D eigenvalue weighted by Gasteiger charge is 2.15. The Morgan fingerprint density at radius 2 is 1.71 bits per heavy atom. The second-order valence-corrected chi connectivity index (χ2v) is 6.23. The highest BCUT2D eigenvalue weighted by Crippen LogP contribution is 2.15. The van der Waals surface area contributed by atoms with Crippen LogP contribution in [0, 0.1) is 6.92 Å². The molecule has 0 radical (unpaired) electrons. The Kier molecular flexibility index (Phi) is 6.25. The minimum Gasteiger partial charge on any atom is -0.309 e. The molecule has 2 heterocycles. The first-order valence-electron chi connectivity index (χ1n) is 9.28. The van der Waals surface area contributed by atoms with Crippen molar-refractivity contribution in [3.05, 3.63) is 45.3 Å². The topological polar surface area (TPSA) is 4.41 Å². The van der Waals surface area contributed by atoms with E-state index >= 15 is 0 Å². The van der Waals surface area contributed by atoms with Gasteiger partial charge in [0.15, 0.2) is 0 Å². The smallest absolute Gasteiger partial charge is 0.0613 e. The van der Waals surface area contributed by atoms with Crippen LogP contribution in [-0.4, -0.2) is 4.40 Å². The molecule has 0 atom stereocenters. The molecule has 0 unspecified atom stereocenters. The minimum absolute atomic E-state index is 1.03. The molecule has 0 bridgehead atoms. The van der Waals surface area contributed by atoms with Crippen molar-refractivity contribution in [1.82, 2.24) is 4.40 Å². The number of nitrogens with zero attached hydrogens (tertiary/aromatic N) is 1. The summed E-state index contributed by atoms with van der Waals surface area (Å²) in [4.78, 5) is 0. The SMILES string of the molecule is C=Cc1c(=C/CC)/c(=C\C)n2c(/C=C\CCC)c(C)/c(=C/CC)c12. The average molecular weight is 322 g/mol. The lowest BCUT2D eigenvalue weighted by atomic mass is 10.1. The molecule has 0 spiro atoms. The molecular formula is C23H31N. The number of unbranched alkanes of at least 4 members (excludes halogenated alkanes) is 1. The van der Waals surface area contributed by atoms with Gasteiger partial charge in [-0.25, -0.2) is 0 Å². The molecule has 2 aromatic heterocycles. The van der Waals surface area contributed by atoms with Crippen LogP contribution in [0.15, 0.2) is 12.7 Å². The molecule has 24 heavy (non-hydrogen) atoms. The molecule has 0 N–H and O–H groups in total. The van der Waals surface area contributed by atoms with Crippen molar-refractivity contribution in [2.75, 3.05) is 0 Å². The van der Waals surface area contributed by atoms with Crippen molar-refractivity contribution in [2.24, 2.45) is 0 Å². The van der Waals surface area contributed by atoms with Crippen LogP contribution in [0.3, 0.4) is 0 Å². The van der Waals surface area contributed by atoms with E-state index in [1.54, 1.807) is 0 Å². The first-order valence-corrected chi connectivity index (χ1v) is 9.28. The van der Waals surface area contributed by atoms with Crippen LogP contribution in [0.25, 0.3) is 35.9 Å². The largest absolute Gasteiger partial charge is 0.309 e. The van der Waals surface area contributed by atoms with E-state index in [-0.39, 0.29) is 0 Å². The fourth-order valence-corrected chi connectivity index (χ4v) is 3.55.